The lowest BCUT2D eigenvalue weighted by Crippen LogP contribution is -2.06. The lowest BCUT2D eigenvalue weighted by Gasteiger charge is -2.09. The molecule has 0 saturated heterocycles. The molecule has 0 aliphatic carbocycles. The van der Waals surface area contributed by atoms with E-state index in [1.807, 2.05) is 0 Å². The maximum absolute atomic E-state index is 13.1. The Morgan fingerprint density at radius 2 is 2.22 bits per heavy atom. The number of anilines is 1. The van der Waals surface area contributed by atoms with Gasteiger partial charge in [0.05, 0.1) is 19.2 Å². The Kier molecular flexibility index (Phi) is 3.62. The summed E-state index contributed by atoms with van der Waals surface area (Å²) in [6.07, 6.45) is 1.33. The predicted octanol–water partition coefficient (Wildman–Crippen LogP) is 2.66. The van der Waals surface area contributed by atoms with Crippen LogP contribution in [0.5, 0.6) is 0 Å². The van der Waals surface area contributed by atoms with Gasteiger partial charge in [-0.05, 0) is 35.9 Å². The van der Waals surface area contributed by atoms with Crippen LogP contribution in [-0.4, -0.2) is 11.1 Å². The van der Waals surface area contributed by atoms with Crippen molar-refractivity contribution in [2.75, 3.05) is 5.32 Å². The molecule has 18 heavy (non-hydrogen) atoms. The minimum Gasteiger partial charge on any atom is -0.481 e. The Morgan fingerprint density at radius 3 is 2.89 bits per heavy atom. The zero-order valence-corrected chi connectivity index (χ0v) is 9.52. The molecule has 0 atom stereocenters. The molecule has 1 aromatic carbocycles. The van der Waals surface area contributed by atoms with E-state index in [-0.39, 0.29) is 6.42 Å². The molecular formula is C13H12FNO3. The number of carboxylic acid groups (broad SMARTS) is 1. The second-order valence-corrected chi connectivity index (χ2v) is 3.80. The number of carbonyl (C=O) groups is 1. The number of hydrogen-bond acceptors (Lipinski definition) is 3. The van der Waals surface area contributed by atoms with Crippen LogP contribution in [0.1, 0.15) is 11.3 Å². The van der Waals surface area contributed by atoms with E-state index in [0.717, 1.165) is 5.76 Å². The quantitative estimate of drug-likeness (QED) is 0.855. The first-order chi connectivity index (χ1) is 8.65. The molecular weight excluding hydrogens is 237 g/mol. The highest BCUT2D eigenvalue weighted by Gasteiger charge is 2.08. The molecule has 0 spiro atoms. The second-order valence-electron chi connectivity index (χ2n) is 3.80. The van der Waals surface area contributed by atoms with Crippen molar-refractivity contribution < 1.29 is 18.7 Å². The Bertz CT molecular complexity index is 537. The molecule has 0 amide bonds. The summed E-state index contributed by atoms with van der Waals surface area (Å²) in [5, 5.41) is 11.8. The number of hydrogen-bond donors (Lipinski definition) is 2. The second kappa shape index (κ2) is 5.35. The van der Waals surface area contributed by atoms with Crippen LogP contribution in [0, 0.1) is 5.82 Å². The Labute approximate surface area is 103 Å². The van der Waals surface area contributed by atoms with Crippen molar-refractivity contribution >= 4 is 11.7 Å². The van der Waals surface area contributed by atoms with Crippen LogP contribution < -0.4 is 5.32 Å². The smallest absolute Gasteiger partial charge is 0.307 e. The van der Waals surface area contributed by atoms with Crippen molar-refractivity contribution in [1.29, 1.82) is 0 Å². The Morgan fingerprint density at radius 1 is 1.39 bits per heavy atom. The number of halogens is 1. The van der Waals surface area contributed by atoms with E-state index in [1.165, 1.54) is 18.2 Å². The molecule has 0 aliphatic rings. The molecule has 0 radical (unpaired) electrons. The van der Waals surface area contributed by atoms with Gasteiger partial charge in [-0.3, -0.25) is 4.79 Å². The van der Waals surface area contributed by atoms with Crippen LogP contribution in [0.15, 0.2) is 41.0 Å². The van der Waals surface area contributed by atoms with Crippen LogP contribution in [0.4, 0.5) is 10.1 Å². The molecule has 0 aliphatic heterocycles. The minimum absolute atomic E-state index is 0.224. The topological polar surface area (TPSA) is 62.5 Å². The van der Waals surface area contributed by atoms with Gasteiger partial charge < -0.3 is 14.8 Å². The van der Waals surface area contributed by atoms with E-state index in [4.69, 9.17) is 9.52 Å². The maximum atomic E-state index is 13.1. The molecule has 1 aromatic heterocycles. The Balaban J connectivity index is 2.13. The summed E-state index contributed by atoms with van der Waals surface area (Å²) < 4.78 is 18.2. The van der Waals surface area contributed by atoms with Gasteiger partial charge in [0.25, 0.3) is 0 Å². The molecule has 0 saturated carbocycles. The molecule has 0 bridgehead atoms. The summed E-state index contributed by atoms with van der Waals surface area (Å²) in [6.45, 7) is 0.422. The third-order valence-corrected chi connectivity index (χ3v) is 2.44. The lowest BCUT2D eigenvalue weighted by molar-refractivity contribution is -0.136. The van der Waals surface area contributed by atoms with E-state index in [9.17, 15) is 9.18 Å². The standard InChI is InChI=1S/C13H12FNO3/c14-10-3-4-12(9(6-10)7-13(16)17)15-8-11-2-1-5-18-11/h1-6,15H,7-8H2,(H,16,17). The van der Waals surface area contributed by atoms with Gasteiger partial charge >= 0.3 is 5.97 Å². The van der Waals surface area contributed by atoms with Gasteiger partial charge in [0.15, 0.2) is 0 Å². The monoisotopic (exact) mass is 249 g/mol. The average molecular weight is 249 g/mol. The number of rotatable bonds is 5. The lowest BCUT2D eigenvalue weighted by atomic mass is 10.1. The minimum atomic E-state index is -0.998. The number of nitrogens with one attached hydrogen (secondary N) is 1. The van der Waals surface area contributed by atoms with E-state index >= 15 is 0 Å². The van der Waals surface area contributed by atoms with Crippen LogP contribution in [0.2, 0.25) is 0 Å². The van der Waals surface area contributed by atoms with Crippen molar-refractivity contribution in [3.05, 3.63) is 53.7 Å². The largest absolute Gasteiger partial charge is 0.481 e. The van der Waals surface area contributed by atoms with E-state index in [0.29, 0.717) is 17.8 Å². The summed E-state index contributed by atoms with van der Waals surface area (Å²) in [5.74, 6) is -0.725. The third kappa shape index (κ3) is 3.10. The molecule has 0 fully saturated rings. The van der Waals surface area contributed by atoms with E-state index < -0.39 is 11.8 Å². The number of benzene rings is 1. The van der Waals surface area contributed by atoms with Crippen molar-refractivity contribution in [3.63, 3.8) is 0 Å². The van der Waals surface area contributed by atoms with Crippen molar-refractivity contribution in [3.8, 4) is 0 Å². The summed E-state index contributed by atoms with van der Waals surface area (Å²) in [7, 11) is 0. The molecule has 0 unspecified atom stereocenters. The molecule has 1 heterocycles. The molecule has 5 heteroatoms. The zero-order valence-electron chi connectivity index (χ0n) is 9.52. The van der Waals surface area contributed by atoms with Gasteiger partial charge in [0.1, 0.15) is 11.6 Å². The van der Waals surface area contributed by atoms with Crippen molar-refractivity contribution in [2.45, 2.75) is 13.0 Å². The number of carboxylic acids is 1. The average Bonchev–Trinajstić information content (AvgIpc) is 2.80. The number of furan rings is 1. The highest BCUT2D eigenvalue weighted by molar-refractivity contribution is 5.73. The predicted molar refractivity (Wildman–Crippen MR) is 63.8 cm³/mol. The summed E-state index contributed by atoms with van der Waals surface area (Å²) in [6, 6.07) is 7.60. The van der Waals surface area contributed by atoms with Gasteiger partial charge in [-0.2, -0.15) is 0 Å². The molecule has 94 valence electrons. The fourth-order valence-corrected chi connectivity index (χ4v) is 1.64. The SMILES string of the molecule is O=C(O)Cc1cc(F)ccc1NCc1ccco1. The molecule has 2 aromatic rings. The third-order valence-electron chi connectivity index (χ3n) is 2.44. The zero-order chi connectivity index (χ0) is 13.0. The summed E-state index contributed by atoms with van der Waals surface area (Å²) >= 11 is 0. The van der Waals surface area contributed by atoms with E-state index in [1.54, 1.807) is 18.4 Å². The van der Waals surface area contributed by atoms with Crippen LogP contribution in [0.3, 0.4) is 0 Å². The van der Waals surface area contributed by atoms with Crippen molar-refractivity contribution in [2.24, 2.45) is 0 Å². The molecule has 2 N–H and O–H groups in total. The van der Waals surface area contributed by atoms with Gasteiger partial charge in [-0.1, -0.05) is 0 Å². The van der Waals surface area contributed by atoms with Gasteiger partial charge in [-0.15, -0.1) is 0 Å². The van der Waals surface area contributed by atoms with Crippen LogP contribution in [0.25, 0.3) is 0 Å². The van der Waals surface area contributed by atoms with Crippen LogP contribution in [-0.2, 0) is 17.8 Å². The van der Waals surface area contributed by atoms with Gasteiger partial charge in [-0.25, -0.2) is 4.39 Å². The highest BCUT2D eigenvalue weighted by Crippen LogP contribution is 2.19. The van der Waals surface area contributed by atoms with Crippen LogP contribution >= 0.6 is 0 Å². The fourth-order valence-electron chi connectivity index (χ4n) is 1.64. The Hall–Kier alpha value is -2.30. The van der Waals surface area contributed by atoms with E-state index in [2.05, 4.69) is 5.32 Å². The number of aliphatic carboxylic acids is 1. The van der Waals surface area contributed by atoms with Gasteiger partial charge in [0.2, 0.25) is 0 Å². The molecule has 2 rings (SSSR count). The normalized spacial score (nSPS) is 10.3. The first-order valence-corrected chi connectivity index (χ1v) is 5.41. The fraction of sp³-hybridized carbons (Fsp3) is 0.154. The van der Waals surface area contributed by atoms with Crippen molar-refractivity contribution in [1.82, 2.24) is 0 Å². The maximum Gasteiger partial charge on any atom is 0.307 e. The highest BCUT2D eigenvalue weighted by atomic mass is 19.1. The summed E-state index contributed by atoms with van der Waals surface area (Å²) in [4.78, 5) is 10.7. The summed E-state index contributed by atoms with van der Waals surface area (Å²) in [5.41, 5.74) is 1.00. The first kappa shape index (κ1) is 12.2. The first-order valence-electron chi connectivity index (χ1n) is 5.41. The van der Waals surface area contributed by atoms with Gasteiger partial charge in [0, 0.05) is 5.69 Å². The molecule has 4 nitrogen and oxygen atoms in total.